The highest BCUT2D eigenvalue weighted by molar-refractivity contribution is 7.91. The van der Waals surface area contributed by atoms with E-state index in [1.54, 1.807) is 35.2 Å². The molecule has 1 saturated heterocycles. The smallest absolute Gasteiger partial charge is 0.274 e. The molecule has 3 aromatic rings. The standard InChI is InChI=1S/C21H22N2O4S2/c24-20(12-15-29(25,26)17-6-2-1-3-7-17)23-13-10-16(11-14-23)27-21-22-18-8-4-5-9-19(18)28-21/h1-9,16H,10-15H2. The fraction of sp³-hybridized carbons (Fsp3) is 0.333. The molecule has 0 radical (unpaired) electrons. The zero-order chi connectivity index (χ0) is 20.3. The van der Waals surface area contributed by atoms with Gasteiger partial charge in [0.05, 0.1) is 20.9 Å². The second-order valence-electron chi connectivity index (χ2n) is 7.03. The van der Waals surface area contributed by atoms with Crippen LogP contribution in [0.1, 0.15) is 19.3 Å². The van der Waals surface area contributed by atoms with Crippen molar-refractivity contribution in [1.29, 1.82) is 0 Å². The molecule has 1 fully saturated rings. The Morgan fingerprint density at radius 2 is 1.76 bits per heavy atom. The van der Waals surface area contributed by atoms with Crippen LogP contribution in [0, 0.1) is 0 Å². The first-order valence-corrected chi connectivity index (χ1v) is 12.1. The Labute approximate surface area is 174 Å². The number of nitrogens with zero attached hydrogens (tertiary/aromatic N) is 2. The quantitative estimate of drug-likeness (QED) is 0.598. The molecule has 0 bridgehead atoms. The van der Waals surface area contributed by atoms with Gasteiger partial charge < -0.3 is 9.64 Å². The molecule has 1 aliphatic heterocycles. The Kier molecular flexibility index (Phi) is 5.82. The minimum atomic E-state index is -3.44. The normalized spacial score (nSPS) is 15.5. The summed E-state index contributed by atoms with van der Waals surface area (Å²) in [5.74, 6) is -0.291. The van der Waals surface area contributed by atoms with E-state index in [-0.39, 0.29) is 29.1 Å². The van der Waals surface area contributed by atoms with Gasteiger partial charge in [0.25, 0.3) is 5.19 Å². The van der Waals surface area contributed by atoms with Crippen LogP contribution in [0.3, 0.4) is 0 Å². The molecular formula is C21H22N2O4S2. The number of benzene rings is 2. The minimum Gasteiger partial charge on any atom is -0.467 e. The van der Waals surface area contributed by atoms with E-state index in [0.717, 1.165) is 10.2 Å². The van der Waals surface area contributed by atoms with Crippen molar-refractivity contribution in [2.75, 3.05) is 18.8 Å². The number of para-hydroxylation sites is 1. The number of ether oxygens (including phenoxy) is 1. The average molecular weight is 431 g/mol. The van der Waals surface area contributed by atoms with Gasteiger partial charge in [-0.25, -0.2) is 13.4 Å². The number of thiazole rings is 1. The van der Waals surface area contributed by atoms with Crippen LogP contribution in [0.4, 0.5) is 0 Å². The van der Waals surface area contributed by atoms with E-state index in [4.69, 9.17) is 4.74 Å². The number of fused-ring (bicyclic) bond motifs is 1. The number of aromatic nitrogens is 1. The first-order chi connectivity index (χ1) is 14.0. The van der Waals surface area contributed by atoms with Gasteiger partial charge in [0.1, 0.15) is 6.10 Å². The molecule has 1 aliphatic rings. The second-order valence-corrected chi connectivity index (χ2v) is 10.1. The third kappa shape index (κ3) is 4.76. The summed E-state index contributed by atoms with van der Waals surface area (Å²) in [4.78, 5) is 19.0. The predicted octanol–water partition coefficient (Wildman–Crippen LogP) is 3.53. The Balaban J connectivity index is 1.27. The maximum absolute atomic E-state index is 12.5. The molecule has 1 aromatic heterocycles. The lowest BCUT2D eigenvalue weighted by molar-refractivity contribution is -0.132. The molecule has 0 atom stereocenters. The van der Waals surface area contributed by atoms with Crippen molar-refractivity contribution in [3.8, 4) is 5.19 Å². The lowest BCUT2D eigenvalue weighted by atomic mass is 10.1. The molecule has 2 aromatic carbocycles. The van der Waals surface area contributed by atoms with Gasteiger partial charge in [0, 0.05) is 32.4 Å². The van der Waals surface area contributed by atoms with E-state index in [1.165, 1.54) is 11.3 Å². The van der Waals surface area contributed by atoms with Gasteiger partial charge in [-0.2, -0.15) is 0 Å². The van der Waals surface area contributed by atoms with E-state index in [9.17, 15) is 13.2 Å². The van der Waals surface area contributed by atoms with Crippen LogP contribution in [0.25, 0.3) is 10.2 Å². The molecule has 0 spiro atoms. The predicted molar refractivity (Wildman–Crippen MR) is 113 cm³/mol. The van der Waals surface area contributed by atoms with E-state index in [1.807, 2.05) is 24.3 Å². The van der Waals surface area contributed by atoms with E-state index in [0.29, 0.717) is 31.1 Å². The summed E-state index contributed by atoms with van der Waals surface area (Å²) in [5.41, 5.74) is 0.930. The lowest BCUT2D eigenvalue weighted by Gasteiger charge is -2.31. The van der Waals surface area contributed by atoms with Crippen LogP contribution in [0.5, 0.6) is 5.19 Å². The second kappa shape index (κ2) is 8.51. The summed E-state index contributed by atoms with van der Waals surface area (Å²) in [6.45, 7) is 1.14. The minimum absolute atomic E-state index is 0.000616. The van der Waals surface area contributed by atoms with Crippen molar-refractivity contribution in [1.82, 2.24) is 9.88 Å². The van der Waals surface area contributed by atoms with Crippen LogP contribution in [-0.4, -0.2) is 49.2 Å². The number of hydrogen-bond donors (Lipinski definition) is 0. The molecule has 1 amide bonds. The molecule has 0 aliphatic carbocycles. The number of hydrogen-bond acceptors (Lipinski definition) is 6. The van der Waals surface area contributed by atoms with E-state index < -0.39 is 9.84 Å². The van der Waals surface area contributed by atoms with Crippen molar-refractivity contribution in [2.45, 2.75) is 30.3 Å². The zero-order valence-corrected chi connectivity index (χ0v) is 17.5. The van der Waals surface area contributed by atoms with Crippen molar-refractivity contribution in [3.05, 3.63) is 54.6 Å². The number of piperidine rings is 1. The number of amides is 1. The molecule has 0 N–H and O–H groups in total. The van der Waals surface area contributed by atoms with E-state index in [2.05, 4.69) is 4.98 Å². The Hall–Kier alpha value is -2.45. The maximum Gasteiger partial charge on any atom is 0.274 e. The fourth-order valence-corrected chi connectivity index (χ4v) is 5.52. The Morgan fingerprint density at radius 1 is 1.07 bits per heavy atom. The number of carbonyl (C=O) groups excluding carboxylic acids is 1. The summed E-state index contributed by atoms with van der Waals surface area (Å²) in [7, 11) is -3.44. The summed E-state index contributed by atoms with van der Waals surface area (Å²) in [6.07, 6.45) is 1.45. The van der Waals surface area contributed by atoms with Crippen LogP contribution in [0.2, 0.25) is 0 Å². The fourth-order valence-electron chi connectivity index (χ4n) is 3.39. The maximum atomic E-state index is 12.5. The SMILES string of the molecule is O=C(CCS(=O)(=O)c1ccccc1)N1CCC(Oc2nc3ccccc3s2)CC1. The van der Waals surface area contributed by atoms with Crippen molar-refractivity contribution in [2.24, 2.45) is 0 Å². The van der Waals surface area contributed by atoms with E-state index >= 15 is 0 Å². The molecule has 4 rings (SSSR count). The molecule has 0 unspecified atom stereocenters. The summed E-state index contributed by atoms with van der Waals surface area (Å²) < 4.78 is 31.8. The van der Waals surface area contributed by atoms with Crippen LogP contribution in [-0.2, 0) is 14.6 Å². The van der Waals surface area contributed by atoms with Crippen LogP contribution >= 0.6 is 11.3 Å². The summed E-state index contributed by atoms with van der Waals surface area (Å²) >= 11 is 1.53. The van der Waals surface area contributed by atoms with Gasteiger partial charge in [-0.05, 0) is 24.3 Å². The van der Waals surface area contributed by atoms with Crippen molar-refractivity contribution in [3.63, 3.8) is 0 Å². The first kappa shape index (κ1) is 19.8. The third-order valence-corrected chi connectivity index (χ3v) is 7.68. The van der Waals surface area contributed by atoms with Gasteiger partial charge in [0.15, 0.2) is 9.84 Å². The molecule has 2 heterocycles. The highest BCUT2D eigenvalue weighted by Crippen LogP contribution is 2.29. The highest BCUT2D eigenvalue weighted by atomic mass is 32.2. The summed E-state index contributed by atoms with van der Waals surface area (Å²) in [6, 6.07) is 16.2. The lowest BCUT2D eigenvalue weighted by Crippen LogP contribution is -2.42. The first-order valence-electron chi connectivity index (χ1n) is 9.59. The number of sulfone groups is 1. The van der Waals surface area contributed by atoms with Crippen LogP contribution < -0.4 is 4.74 Å². The van der Waals surface area contributed by atoms with Gasteiger partial charge in [0.2, 0.25) is 5.91 Å². The number of carbonyl (C=O) groups is 1. The van der Waals surface area contributed by atoms with Crippen LogP contribution in [0.15, 0.2) is 59.5 Å². The third-order valence-electron chi connectivity index (χ3n) is 5.02. The number of likely N-dealkylation sites (tertiary alicyclic amines) is 1. The van der Waals surface area contributed by atoms with Gasteiger partial charge in [-0.1, -0.05) is 41.7 Å². The molecular weight excluding hydrogens is 408 g/mol. The monoisotopic (exact) mass is 430 g/mol. The van der Waals surface area contributed by atoms with Gasteiger partial charge >= 0.3 is 0 Å². The molecule has 29 heavy (non-hydrogen) atoms. The Morgan fingerprint density at radius 3 is 2.48 bits per heavy atom. The van der Waals surface area contributed by atoms with Gasteiger partial charge in [-0.3, -0.25) is 4.79 Å². The molecule has 0 saturated carbocycles. The largest absolute Gasteiger partial charge is 0.467 e. The van der Waals surface area contributed by atoms with Crippen molar-refractivity contribution >= 4 is 37.3 Å². The molecule has 152 valence electrons. The zero-order valence-electron chi connectivity index (χ0n) is 15.9. The van der Waals surface area contributed by atoms with Crippen molar-refractivity contribution < 1.29 is 17.9 Å². The summed E-state index contributed by atoms with van der Waals surface area (Å²) in [5, 5.41) is 0.657. The topological polar surface area (TPSA) is 76.6 Å². The average Bonchev–Trinajstić information content (AvgIpc) is 3.15. The van der Waals surface area contributed by atoms with Gasteiger partial charge in [-0.15, -0.1) is 0 Å². The Bertz CT molecular complexity index is 1060. The highest BCUT2D eigenvalue weighted by Gasteiger charge is 2.26. The molecule has 6 nitrogen and oxygen atoms in total. The number of rotatable bonds is 6. The molecule has 8 heteroatoms.